The number of imidazole rings is 1. The number of para-hydroxylation sites is 2. The molecular formula is C45H30N2. The van der Waals surface area contributed by atoms with E-state index in [0.717, 1.165) is 27.7 Å². The van der Waals surface area contributed by atoms with Crippen LogP contribution in [0, 0.1) is 0 Å². The first-order valence-electron chi connectivity index (χ1n) is 19.4. The van der Waals surface area contributed by atoms with Crippen LogP contribution in [0.2, 0.25) is 0 Å². The van der Waals surface area contributed by atoms with Gasteiger partial charge >= 0.3 is 0 Å². The quantitative estimate of drug-likeness (QED) is 0.178. The van der Waals surface area contributed by atoms with Crippen LogP contribution >= 0.6 is 0 Å². The minimum atomic E-state index is -0.440. The van der Waals surface area contributed by atoms with Crippen LogP contribution in [-0.4, -0.2) is 9.55 Å². The van der Waals surface area contributed by atoms with Gasteiger partial charge in [0.05, 0.1) is 22.0 Å². The number of hydrogen-bond acceptors (Lipinski definition) is 1. The predicted molar refractivity (Wildman–Crippen MR) is 198 cm³/mol. The first-order valence-corrected chi connectivity index (χ1v) is 15.4. The highest BCUT2D eigenvalue weighted by atomic mass is 15.1. The van der Waals surface area contributed by atoms with Gasteiger partial charge in [0.2, 0.25) is 0 Å². The van der Waals surface area contributed by atoms with Crippen molar-refractivity contribution in [3.63, 3.8) is 0 Å². The first kappa shape index (κ1) is 20.0. The Hall–Kier alpha value is -6.25. The van der Waals surface area contributed by atoms with E-state index in [-0.39, 0.29) is 51.3 Å². The lowest BCUT2D eigenvalue weighted by Gasteiger charge is -2.20. The van der Waals surface area contributed by atoms with Gasteiger partial charge in [-0.05, 0) is 79.2 Å². The lowest BCUT2D eigenvalue weighted by atomic mass is 9.84. The Morgan fingerprint density at radius 3 is 1.66 bits per heavy atom. The molecule has 8 aromatic carbocycles. The van der Waals surface area contributed by atoms with Crippen LogP contribution in [0.25, 0.3) is 83.0 Å². The summed E-state index contributed by atoms with van der Waals surface area (Å²) in [6.45, 7) is 0. The molecule has 0 spiro atoms. The van der Waals surface area contributed by atoms with Crippen LogP contribution in [0.4, 0.5) is 0 Å². The molecule has 220 valence electrons. The number of hydrogen-bond donors (Lipinski definition) is 0. The van der Waals surface area contributed by atoms with E-state index in [2.05, 4.69) is 0 Å². The predicted octanol–water partition coefficient (Wildman–Crippen LogP) is 12.0. The molecule has 0 amide bonds. The molecule has 1 aromatic heterocycles. The third kappa shape index (κ3) is 4.54. The number of benzene rings is 8. The van der Waals surface area contributed by atoms with Gasteiger partial charge in [-0.2, -0.15) is 0 Å². The van der Waals surface area contributed by atoms with Crippen LogP contribution in [-0.2, 0) is 0 Å². The van der Waals surface area contributed by atoms with Crippen molar-refractivity contribution in [2.24, 2.45) is 0 Å². The molecule has 0 unspecified atom stereocenters. The molecule has 0 atom stereocenters. The number of rotatable bonds is 5. The maximum atomic E-state index is 9.44. The van der Waals surface area contributed by atoms with E-state index in [0.29, 0.717) is 28.2 Å². The standard InChI is InChI=1S/C45H30N2/c1-3-16-31(17-4-1)35-22-7-8-23-36(35)44-39-26-11-9-24-37(39)43(38-25-10-12-27-40(38)44)33-20-15-21-34(30-33)47-42-29-14-13-28-41(42)46-45(47)32-18-5-2-6-19-32/h1-30H/i9D,10D,11D,12D,24D,25D,26D,27D. The van der Waals surface area contributed by atoms with Gasteiger partial charge in [-0.1, -0.05) is 158 Å². The summed E-state index contributed by atoms with van der Waals surface area (Å²) in [7, 11) is 0. The average molecular weight is 607 g/mol. The van der Waals surface area contributed by atoms with E-state index < -0.39 is 24.2 Å². The van der Waals surface area contributed by atoms with E-state index in [9.17, 15) is 5.48 Å². The minimum Gasteiger partial charge on any atom is -0.292 e. The Kier molecular flexibility index (Phi) is 4.80. The molecule has 0 radical (unpaired) electrons. The minimum absolute atomic E-state index is 0.164. The topological polar surface area (TPSA) is 17.8 Å². The summed E-state index contributed by atoms with van der Waals surface area (Å²) in [5.41, 5.74) is 6.54. The SMILES string of the molecule is [2H]c1c([2H])c([2H])c2c(-c3ccccc3-c3ccccc3)c3c([2H])c([2H])c([2H])c([2H])c3c(-c3cccc(-n4c(-c5ccccc5)nc5ccccc54)c3)c2c1[2H]. The molecule has 0 aliphatic heterocycles. The van der Waals surface area contributed by atoms with E-state index in [4.69, 9.17) is 10.5 Å². The van der Waals surface area contributed by atoms with Crippen molar-refractivity contribution in [1.82, 2.24) is 9.55 Å². The zero-order chi connectivity index (χ0) is 38.1. The average Bonchev–Trinajstić information content (AvgIpc) is 3.63. The fourth-order valence-electron chi connectivity index (χ4n) is 6.62. The number of fused-ring (bicyclic) bond motifs is 3. The molecular weight excluding hydrogens is 569 g/mol. The Bertz CT molecular complexity index is 2930. The summed E-state index contributed by atoms with van der Waals surface area (Å²) in [6, 6.07) is 39.2. The van der Waals surface area contributed by atoms with Gasteiger partial charge in [-0.25, -0.2) is 4.98 Å². The molecule has 0 fully saturated rings. The second kappa shape index (κ2) is 11.3. The Balaban J connectivity index is 1.47. The third-order valence-corrected chi connectivity index (χ3v) is 8.64. The van der Waals surface area contributed by atoms with Gasteiger partial charge < -0.3 is 0 Å². The van der Waals surface area contributed by atoms with Crippen molar-refractivity contribution in [1.29, 1.82) is 0 Å². The maximum absolute atomic E-state index is 9.44. The second-order valence-corrected chi connectivity index (χ2v) is 11.3. The van der Waals surface area contributed by atoms with Gasteiger partial charge in [0.15, 0.2) is 0 Å². The van der Waals surface area contributed by atoms with Gasteiger partial charge in [-0.3, -0.25) is 4.57 Å². The van der Waals surface area contributed by atoms with Crippen molar-refractivity contribution >= 4 is 32.6 Å². The monoisotopic (exact) mass is 606 g/mol. The van der Waals surface area contributed by atoms with E-state index in [1.54, 1.807) is 0 Å². The van der Waals surface area contributed by atoms with E-state index in [1.807, 2.05) is 138 Å². The summed E-state index contributed by atoms with van der Waals surface area (Å²) in [5, 5.41) is 0.672. The van der Waals surface area contributed by atoms with Crippen molar-refractivity contribution in [2.45, 2.75) is 0 Å². The molecule has 2 heteroatoms. The molecule has 47 heavy (non-hydrogen) atoms. The largest absolute Gasteiger partial charge is 0.292 e. The molecule has 0 saturated carbocycles. The molecule has 0 aliphatic rings. The highest BCUT2D eigenvalue weighted by Crippen LogP contribution is 2.46. The normalized spacial score (nSPS) is 13.8. The first-order chi connectivity index (χ1) is 26.7. The molecule has 1 heterocycles. The van der Waals surface area contributed by atoms with Gasteiger partial charge in [0.1, 0.15) is 5.82 Å². The summed E-state index contributed by atoms with van der Waals surface area (Å²) in [5.74, 6) is 0.699. The lowest BCUT2D eigenvalue weighted by molar-refractivity contribution is 1.10. The maximum Gasteiger partial charge on any atom is 0.145 e. The Morgan fingerprint density at radius 2 is 0.979 bits per heavy atom. The van der Waals surface area contributed by atoms with Gasteiger partial charge in [-0.15, -0.1) is 0 Å². The second-order valence-electron chi connectivity index (χ2n) is 11.3. The van der Waals surface area contributed by atoms with Crippen molar-refractivity contribution in [2.75, 3.05) is 0 Å². The van der Waals surface area contributed by atoms with E-state index in [1.165, 1.54) is 0 Å². The molecule has 0 aliphatic carbocycles. The van der Waals surface area contributed by atoms with E-state index >= 15 is 0 Å². The highest BCUT2D eigenvalue weighted by Gasteiger charge is 2.20. The smallest absolute Gasteiger partial charge is 0.145 e. The highest BCUT2D eigenvalue weighted by molar-refractivity contribution is 6.22. The lowest BCUT2D eigenvalue weighted by Crippen LogP contribution is -1.98. The van der Waals surface area contributed by atoms with Gasteiger partial charge in [0.25, 0.3) is 0 Å². The molecule has 9 aromatic rings. The van der Waals surface area contributed by atoms with Crippen molar-refractivity contribution in [3.05, 3.63) is 182 Å². The van der Waals surface area contributed by atoms with Crippen LogP contribution in [0.3, 0.4) is 0 Å². The summed E-state index contributed by atoms with van der Waals surface area (Å²) < 4.78 is 75.2. The zero-order valence-electron chi connectivity index (χ0n) is 33.1. The third-order valence-electron chi connectivity index (χ3n) is 8.64. The number of nitrogens with zero attached hydrogens (tertiary/aromatic N) is 2. The fraction of sp³-hybridized carbons (Fsp3) is 0. The molecule has 2 nitrogen and oxygen atoms in total. The van der Waals surface area contributed by atoms with Crippen LogP contribution in [0.15, 0.2) is 182 Å². The number of aromatic nitrogens is 2. The molecule has 0 N–H and O–H groups in total. The fourth-order valence-corrected chi connectivity index (χ4v) is 6.62. The molecule has 0 bridgehead atoms. The molecule has 0 saturated heterocycles. The van der Waals surface area contributed by atoms with Gasteiger partial charge in [0, 0.05) is 11.3 Å². The summed E-state index contributed by atoms with van der Waals surface area (Å²) >= 11 is 0. The van der Waals surface area contributed by atoms with Crippen molar-refractivity contribution < 1.29 is 11.0 Å². The molecule has 9 rings (SSSR count). The van der Waals surface area contributed by atoms with Crippen LogP contribution in [0.1, 0.15) is 11.0 Å². The van der Waals surface area contributed by atoms with Crippen LogP contribution < -0.4 is 0 Å². The van der Waals surface area contributed by atoms with Crippen LogP contribution in [0.5, 0.6) is 0 Å². The summed E-state index contributed by atoms with van der Waals surface area (Å²) in [4.78, 5) is 5.00. The zero-order valence-corrected chi connectivity index (χ0v) is 25.1. The van der Waals surface area contributed by atoms with Crippen molar-refractivity contribution in [3.8, 4) is 50.5 Å². The summed E-state index contributed by atoms with van der Waals surface area (Å²) in [6.07, 6.45) is 0. The Morgan fingerprint density at radius 1 is 0.447 bits per heavy atom. The Labute approximate surface area is 285 Å².